The van der Waals surface area contributed by atoms with Crippen LogP contribution in [0.2, 0.25) is 0 Å². The molecule has 21 heavy (non-hydrogen) atoms. The first-order valence-electron chi connectivity index (χ1n) is 7.92. The fourth-order valence-electron chi connectivity index (χ4n) is 2.71. The maximum absolute atomic E-state index is 5.69. The number of para-hydroxylation sites is 1. The van der Waals surface area contributed by atoms with Gasteiger partial charge in [-0.3, -0.25) is 4.90 Å². The number of rotatable bonds is 7. The van der Waals surface area contributed by atoms with Gasteiger partial charge in [-0.25, -0.2) is 0 Å². The summed E-state index contributed by atoms with van der Waals surface area (Å²) in [4.78, 5) is 4.84. The average molecular weight is 292 g/mol. The van der Waals surface area contributed by atoms with Crippen molar-refractivity contribution >= 4 is 0 Å². The quantitative estimate of drug-likeness (QED) is 0.769. The van der Waals surface area contributed by atoms with Crippen molar-refractivity contribution in [3.05, 3.63) is 29.8 Å². The third kappa shape index (κ3) is 5.30. The Labute approximate surface area is 128 Å². The Morgan fingerprint density at radius 3 is 2.95 bits per heavy atom. The molecule has 0 spiro atoms. The summed E-state index contributed by atoms with van der Waals surface area (Å²) in [6.45, 7) is 10.9. The van der Waals surface area contributed by atoms with Crippen molar-refractivity contribution in [1.82, 2.24) is 9.80 Å². The first-order valence-corrected chi connectivity index (χ1v) is 7.92. The predicted octanol–water partition coefficient (Wildman–Crippen LogP) is 2.24. The van der Waals surface area contributed by atoms with Crippen molar-refractivity contribution in [2.75, 3.05) is 46.4 Å². The number of likely N-dealkylation sites (N-methyl/N-ethyl adjacent to an activating group) is 1. The molecule has 1 fully saturated rings. The van der Waals surface area contributed by atoms with E-state index in [2.05, 4.69) is 42.0 Å². The maximum atomic E-state index is 5.69. The Morgan fingerprint density at radius 2 is 2.19 bits per heavy atom. The van der Waals surface area contributed by atoms with E-state index >= 15 is 0 Å². The van der Waals surface area contributed by atoms with Gasteiger partial charge in [-0.15, -0.1) is 0 Å². The zero-order valence-electron chi connectivity index (χ0n) is 13.5. The Morgan fingerprint density at radius 1 is 1.38 bits per heavy atom. The molecule has 1 aromatic carbocycles. The fraction of sp³-hybridized carbons (Fsp3) is 0.647. The zero-order valence-corrected chi connectivity index (χ0v) is 13.5. The van der Waals surface area contributed by atoms with Gasteiger partial charge < -0.3 is 14.4 Å². The standard InChI is InChI=1S/C17H28N2O2/c1-4-20-17-8-6-5-7-16(17)14-18(3)9-10-19-11-12-21-15(2)13-19/h5-8,15H,4,9-14H2,1-3H3. The molecule has 0 aromatic heterocycles. The molecule has 1 heterocycles. The average Bonchev–Trinajstić information content (AvgIpc) is 2.48. The van der Waals surface area contributed by atoms with Crippen LogP contribution in [-0.2, 0) is 11.3 Å². The molecular formula is C17H28N2O2. The summed E-state index contributed by atoms with van der Waals surface area (Å²) in [7, 11) is 2.17. The highest BCUT2D eigenvalue weighted by Crippen LogP contribution is 2.19. The fourth-order valence-corrected chi connectivity index (χ4v) is 2.71. The Hall–Kier alpha value is -1.10. The lowest BCUT2D eigenvalue weighted by atomic mass is 10.2. The molecule has 118 valence electrons. The number of hydrogen-bond donors (Lipinski definition) is 0. The van der Waals surface area contributed by atoms with E-state index in [0.717, 1.165) is 45.1 Å². The van der Waals surface area contributed by atoms with Crippen LogP contribution in [0, 0.1) is 0 Å². The molecule has 0 N–H and O–H groups in total. The molecule has 0 bridgehead atoms. The minimum atomic E-state index is 0.364. The summed E-state index contributed by atoms with van der Waals surface area (Å²) in [5.41, 5.74) is 1.26. The molecule has 2 rings (SSSR count). The molecule has 0 radical (unpaired) electrons. The normalized spacial score (nSPS) is 19.9. The van der Waals surface area contributed by atoms with Gasteiger partial charge >= 0.3 is 0 Å². The summed E-state index contributed by atoms with van der Waals surface area (Å²) in [5.74, 6) is 1.01. The highest BCUT2D eigenvalue weighted by molar-refractivity contribution is 5.33. The van der Waals surface area contributed by atoms with E-state index in [0.29, 0.717) is 12.7 Å². The van der Waals surface area contributed by atoms with Crippen LogP contribution in [-0.4, -0.2) is 62.3 Å². The Bertz CT molecular complexity index is 425. The van der Waals surface area contributed by atoms with E-state index in [1.165, 1.54) is 5.56 Å². The van der Waals surface area contributed by atoms with Gasteiger partial charge in [0.1, 0.15) is 5.75 Å². The van der Waals surface area contributed by atoms with Crippen molar-refractivity contribution < 1.29 is 9.47 Å². The first kappa shape index (κ1) is 16.3. The highest BCUT2D eigenvalue weighted by atomic mass is 16.5. The van der Waals surface area contributed by atoms with Gasteiger partial charge in [0.2, 0.25) is 0 Å². The van der Waals surface area contributed by atoms with Crippen LogP contribution in [0.4, 0.5) is 0 Å². The third-order valence-corrected chi connectivity index (χ3v) is 3.84. The number of benzene rings is 1. The van der Waals surface area contributed by atoms with Gasteiger partial charge in [0.25, 0.3) is 0 Å². The topological polar surface area (TPSA) is 24.9 Å². The van der Waals surface area contributed by atoms with Gasteiger partial charge in [0.05, 0.1) is 19.3 Å². The highest BCUT2D eigenvalue weighted by Gasteiger charge is 2.16. The van der Waals surface area contributed by atoms with E-state index in [1.54, 1.807) is 0 Å². The van der Waals surface area contributed by atoms with Crippen molar-refractivity contribution in [3.63, 3.8) is 0 Å². The number of morpholine rings is 1. The predicted molar refractivity (Wildman–Crippen MR) is 85.8 cm³/mol. The molecule has 0 aliphatic carbocycles. The van der Waals surface area contributed by atoms with Gasteiger partial charge in [0.15, 0.2) is 0 Å². The lowest BCUT2D eigenvalue weighted by Crippen LogP contribution is -2.44. The molecule has 1 saturated heterocycles. The minimum Gasteiger partial charge on any atom is -0.494 e. The van der Waals surface area contributed by atoms with E-state index < -0.39 is 0 Å². The van der Waals surface area contributed by atoms with Crippen molar-refractivity contribution in [2.24, 2.45) is 0 Å². The monoisotopic (exact) mass is 292 g/mol. The van der Waals surface area contributed by atoms with Crippen molar-refractivity contribution in [2.45, 2.75) is 26.5 Å². The van der Waals surface area contributed by atoms with Gasteiger partial charge in [-0.05, 0) is 27.0 Å². The molecule has 1 aliphatic rings. The molecule has 1 aliphatic heterocycles. The number of nitrogens with zero attached hydrogens (tertiary/aromatic N) is 2. The van der Waals surface area contributed by atoms with E-state index in [1.807, 2.05) is 13.0 Å². The SMILES string of the molecule is CCOc1ccccc1CN(C)CCN1CCOC(C)C1. The van der Waals surface area contributed by atoms with Gasteiger partial charge in [0, 0.05) is 38.3 Å². The number of hydrogen-bond acceptors (Lipinski definition) is 4. The van der Waals surface area contributed by atoms with Crippen LogP contribution in [0.1, 0.15) is 19.4 Å². The molecule has 0 saturated carbocycles. The van der Waals surface area contributed by atoms with Crippen LogP contribution in [0.15, 0.2) is 24.3 Å². The van der Waals surface area contributed by atoms with Crippen LogP contribution >= 0.6 is 0 Å². The molecule has 0 amide bonds. The van der Waals surface area contributed by atoms with E-state index in [4.69, 9.17) is 9.47 Å². The second-order valence-electron chi connectivity index (χ2n) is 5.76. The molecule has 4 nitrogen and oxygen atoms in total. The largest absolute Gasteiger partial charge is 0.494 e. The lowest BCUT2D eigenvalue weighted by Gasteiger charge is -2.32. The van der Waals surface area contributed by atoms with Crippen LogP contribution in [0.25, 0.3) is 0 Å². The summed E-state index contributed by atoms with van der Waals surface area (Å²) in [5, 5.41) is 0. The first-order chi connectivity index (χ1) is 10.2. The van der Waals surface area contributed by atoms with Gasteiger partial charge in [-0.1, -0.05) is 18.2 Å². The van der Waals surface area contributed by atoms with Crippen LogP contribution in [0.5, 0.6) is 5.75 Å². The van der Waals surface area contributed by atoms with Crippen LogP contribution < -0.4 is 4.74 Å². The molecule has 4 heteroatoms. The molecule has 1 atom stereocenters. The third-order valence-electron chi connectivity index (χ3n) is 3.84. The lowest BCUT2D eigenvalue weighted by molar-refractivity contribution is -0.0202. The maximum Gasteiger partial charge on any atom is 0.123 e. The summed E-state index contributed by atoms with van der Waals surface area (Å²) >= 11 is 0. The summed E-state index contributed by atoms with van der Waals surface area (Å²) < 4.78 is 11.3. The summed E-state index contributed by atoms with van der Waals surface area (Å²) in [6.07, 6.45) is 0.364. The molecular weight excluding hydrogens is 264 g/mol. The smallest absolute Gasteiger partial charge is 0.123 e. The van der Waals surface area contributed by atoms with E-state index in [9.17, 15) is 0 Å². The summed E-state index contributed by atoms with van der Waals surface area (Å²) in [6, 6.07) is 8.31. The second kappa shape index (κ2) is 8.37. The molecule has 1 aromatic rings. The zero-order chi connectivity index (χ0) is 15.1. The van der Waals surface area contributed by atoms with Crippen LogP contribution in [0.3, 0.4) is 0 Å². The van der Waals surface area contributed by atoms with Gasteiger partial charge in [-0.2, -0.15) is 0 Å². The minimum absolute atomic E-state index is 0.364. The molecule has 1 unspecified atom stereocenters. The van der Waals surface area contributed by atoms with E-state index in [-0.39, 0.29) is 0 Å². The van der Waals surface area contributed by atoms with Crippen molar-refractivity contribution in [1.29, 1.82) is 0 Å². The Balaban J connectivity index is 1.80. The van der Waals surface area contributed by atoms with Crippen molar-refractivity contribution in [3.8, 4) is 5.75 Å². The Kier molecular flexibility index (Phi) is 6.49. The second-order valence-corrected chi connectivity index (χ2v) is 5.76. The number of ether oxygens (including phenoxy) is 2.